The van der Waals surface area contributed by atoms with Crippen LogP contribution in [-0.4, -0.2) is 43.5 Å². The van der Waals surface area contributed by atoms with Gasteiger partial charge in [-0.05, 0) is 36.8 Å². The van der Waals surface area contributed by atoms with Gasteiger partial charge in [0.1, 0.15) is 0 Å². The first-order chi connectivity index (χ1) is 10.7. The number of carbonyl (C=O) groups is 1. The molecule has 22 heavy (non-hydrogen) atoms. The van der Waals surface area contributed by atoms with Gasteiger partial charge in [0, 0.05) is 37.1 Å². The van der Waals surface area contributed by atoms with E-state index in [1.54, 1.807) is 11.8 Å². The van der Waals surface area contributed by atoms with Crippen LogP contribution in [0.15, 0.2) is 29.2 Å². The molecule has 0 radical (unpaired) electrons. The Morgan fingerprint density at radius 1 is 1.50 bits per heavy atom. The van der Waals surface area contributed by atoms with E-state index in [0.717, 1.165) is 44.7 Å². The van der Waals surface area contributed by atoms with Crippen molar-refractivity contribution >= 4 is 17.8 Å². The van der Waals surface area contributed by atoms with E-state index >= 15 is 0 Å². The van der Waals surface area contributed by atoms with Crippen LogP contribution in [-0.2, 0) is 11.3 Å². The van der Waals surface area contributed by atoms with Gasteiger partial charge >= 0.3 is 6.03 Å². The number of thioether (sulfide) groups is 1. The molecule has 0 aromatic heterocycles. The Hall–Kier alpha value is -1.20. The molecular formula is C17H26N2O2S. The zero-order valence-corrected chi connectivity index (χ0v) is 14.3. The third kappa shape index (κ3) is 5.21. The fourth-order valence-electron chi connectivity index (χ4n) is 2.62. The molecular weight excluding hydrogens is 296 g/mol. The predicted octanol–water partition coefficient (Wildman–Crippen LogP) is 3.37. The van der Waals surface area contributed by atoms with Crippen molar-refractivity contribution in [2.45, 2.75) is 31.2 Å². The van der Waals surface area contributed by atoms with Crippen molar-refractivity contribution < 1.29 is 9.53 Å². The van der Waals surface area contributed by atoms with E-state index in [0.29, 0.717) is 12.5 Å². The number of hydrogen-bond donors (Lipinski definition) is 1. The lowest BCUT2D eigenvalue weighted by Gasteiger charge is -2.17. The molecule has 1 heterocycles. The number of amides is 2. The lowest BCUT2D eigenvalue weighted by atomic mass is 10.1. The number of nitrogens with zero attached hydrogens (tertiary/aromatic N) is 1. The van der Waals surface area contributed by atoms with Crippen LogP contribution in [0.3, 0.4) is 0 Å². The van der Waals surface area contributed by atoms with E-state index in [9.17, 15) is 4.79 Å². The van der Waals surface area contributed by atoms with E-state index in [2.05, 4.69) is 30.6 Å². The molecule has 2 amide bonds. The summed E-state index contributed by atoms with van der Waals surface area (Å²) in [6.45, 7) is 5.92. The molecule has 4 nitrogen and oxygen atoms in total. The zero-order valence-electron chi connectivity index (χ0n) is 13.5. The Labute approximate surface area is 137 Å². The van der Waals surface area contributed by atoms with Gasteiger partial charge in [0.15, 0.2) is 0 Å². The Balaban J connectivity index is 1.73. The van der Waals surface area contributed by atoms with Crippen LogP contribution in [0.5, 0.6) is 0 Å². The molecule has 1 aliphatic rings. The van der Waals surface area contributed by atoms with Crippen LogP contribution >= 0.6 is 11.8 Å². The first-order valence-corrected chi connectivity index (χ1v) is 9.18. The Bertz CT molecular complexity index is 481. The molecule has 0 aliphatic carbocycles. The summed E-state index contributed by atoms with van der Waals surface area (Å²) in [5.41, 5.74) is 1.14. The maximum absolute atomic E-state index is 12.2. The number of rotatable bonds is 7. The van der Waals surface area contributed by atoms with Gasteiger partial charge in [-0.2, -0.15) is 0 Å². The van der Waals surface area contributed by atoms with Crippen LogP contribution in [0, 0.1) is 5.92 Å². The SMILES string of the molecule is CCCOC[C@H]1CCN(C(=O)NCc2cccc(SC)c2)C1. The second kappa shape index (κ2) is 9.06. The first-order valence-electron chi connectivity index (χ1n) is 7.96. The average Bonchev–Trinajstić information content (AvgIpc) is 3.02. The summed E-state index contributed by atoms with van der Waals surface area (Å²) in [5.74, 6) is 0.483. The third-order valence-electron chi connectivity index (χ3n) is 3.85. The highest BCUT2D eigenvalue weighted by molar-refractivity contribution is 7.98. The van der Waals surface area contributed by atoms with Crippen molar-refractivity contribution in [1.82, 2.24) is 10.2 Å². The van der Waals surface area contributed by atoms with Gasteiger partial charge in [0.2, 0.25) is 0 Å². The molecule has 1 saturated heterocycles. The van der Waals surface area contributed by atoms with Crippen molar-refractivity contribution in [1.29, 1.82) is 0 Å². The smallest absolute Gasteiger partial charge is 0.317 e. The summed E-state index contributed by atoms with van der Waals surface area (Å²) in [7, 11) is 0. The van der Waals surface area contributed by atoms with Gasteiger partial charge in [0.05, 0.1) is 6.61 Å². The molecule has 1 atom stereocenters. The summed E-state index contributed by atoms with van der Waals surface area (Å²) in [4.78, 5) is 15.3. The van der Waals surface area contributed by atoms with E-state index in [1.807, 2.05) is 17.0 Å². The second-order valence-electron chi connectivity index (χ2n) is 5.69. The van der Waals surface area contributed by atoms with E-state index in [1.165, 1.54) is 4.90 Å². The van der Waals surface area contributed by atoms with E-state index < -0.39 is 0 Å². The number of nitrogens with one attached hydrogen (secondary N) is 1. The van der Waals surface area contributed by atoms with Crippen LogP contribution in [0.25, 0.3) is 0 Å². The zero-order chi connectivity index (χ0) is 15.8. The quantitative estimate of drug-likeness (QED) is 0.618. The van der Waals surface area contributed by atoms with Crippen molar-refractivity contribution in [2.75, 3.05) is 32.6 Å². The number of ether oxygens (including phenoxy) is 1. The fraction of sp³-hybridized carbons (Fsp3) is 0.588. The number of urea groups is 1. The molecule has 1 fully saturated rings. The minimum absolute atomic E-state index is 0.0348. The highest BCUT2D eigenvalue weighted by atomic mass is 32.2. The van der Waals surface area contributed by atoms with Crippen molar-refractivity contribution in [3.63, 3.8) is 0 Å². The number of hydrogen-bond acceptors (Lipinski definition) is 3. The molecule has 0 saturated carbocycles. The molecule has 0 bridgehead atoms. The number of carbonyl (C=O) groups excluding carboxylic acids is 1. The Morgan fingerprint density at radius 3 is 3.14 bits per heavy atom. The Morgan fingerprint density at radius 2 is 2.36 bits per heavy atom. The van der Waals surface area contributed by atoms with Crippen LogP contribution in [0.4, 0.5) is 4.79 Å². The van der Waals surface area contributed by atoms with Gasteiger partial charge in [-0.25, -0.2) is 4.79 Å². The number of benzene rings is 1. The van der Waals surface area contributed by atoms with Crippen molar-refractivity contribution in [3.05, 3.63) is 29.8 Å². The van der Waals surface area contributed by atoms with Crippen molar-refractivity contribution in [3.8, 4) is 0 Å². The summed E-state index contributed by atoms with van der Waals surface area (Å²) in [6.07, 6.45) is 4.15. The molecule has 1 N–H and O–H groups in total. The molecule has 2 rings (SSSR count). The molecule has 1 aliphatic heterocycles. The minimum atomic E-state index is 0.0348. The topological polar surface area (TPSA) is 41.6 Å². The summed E-state index contributed by atoms with van der Waals surface area (Å²) in [6, 6.07) is 8.32. The third-order valence-corrected chi connectivity index (χ3v) is 4.58. The largest absolute Gasteiger partial charge is 0.381 e. The fourth-order valence-corrected chi connectivity index (χ4v) is 3.10. The molecule has 1 aromatic carbocycles. The average molecular weight is 322 g/mol. The Kier molecular flexibility index (Phi) is 7.06. The van der Waals surface area contributed by atoms with Gasteiger partial charge in [0.25, 0.3) is 0 Å². The van der Waals surface area contributed by atoms with Crippen LogP contribution < -0.4 is 5.32 Å². The monoisotopic (exact) mass is 322 g/mol. The maximum atomic E-state index is 12.2. The normalized spacial score (nSPS) is 17.7. The molecule has 122 valence electrons. The van der Waals surface area contributed by atoms with Crippen LogP contribution in [0.1, 0.15) is 25.3 Å². The standard InChI is InChI=1S/C17H26N2O2S/c1-3-9-21-13-15-7-8-19(12-15)17(20)18-11-14-5-4-6-16(10-14)22-2/h4-6,10,15H,3,7-9,11-13H2,1-2H3,(H,18,20)/t15-/m0/s1. The summed E-state index contributed by atoms with van der Waals surface area (Å²) in [5, 5.41) is 3.02. The highest BCUT2D eigenvalue weighted by Crippen LogP contribution is 2.18. The highest BCUT2D eigenvalue weighted by Gasteiger charge is 2.26. The predicted molar refractivity (Wildman–Crippen MR) is 91.2 cm³/mol. The number of likely N-dealkylation sites (tertiary alicyclic amines) is 1. The molecule has 0 unspecified atom stereocenters. The van der Waals surface area contributed by atoms with Gasteiger partial charge in [-0.1, -0.05) is 19.1 Å². The molecule has 0 spiro atoms. The van der Waals surface area contributed by atoms with E-state index in [4.69, 9.17) is 4.74 Å². The maximum Gasteiger partial charge on any atom is 0.317 e. The van der Waals surface area contributed by atoms with Gasteiger partial charge < -0.3 is 15.0 Å². The lowest BCUT2D eigenvalue weighted by molar-refractivity contribution is 0.102. The lowest BCUT2D eigenvalue weighted by Crippen LogP contribution is -2.38. The van der Waals surface area contributed by atoms with Gasteiger partial charge in [-0.3, -0.25) is 0 Å². The second-order valence-corrected chi connectivity index (χ2v) is 6.57. The summed E-state index contributed by atoms with van der Waals surface area (Å²) >= 11 is 1.72. The summed E-state index contributed by atoms with van der Waals surface area (Å²) < 4.78 is 5.59. The van der Waals surface area contributed by atoms with Crippen molar-refractivity contribution in [2.24, 2.45) is 5.92 Å². The van der Waals surface area contributed by atoms with E-state index in [-0.39, 0.29) is 6.03 Å². The van der Waals surface area contributed by atoms with Gasteiger partial charge in [-0.15, -0.1) is 11.8 Å². The molecule has 5 heteroatoms. The minimum Gasteiger partial charge on any atom is -0.381 e. The molecule has 1 aromatic rings. The first kappa shape index (κ1) is 17.2. The van der Waals surface area contributed by atoms with Crippen LogP contribution in [0.2, 0.25) is 0 Å².